The summed E-state index contributed by atoms with van der Waals surface area (Å²) in [5, 5.41) is 1.20. The molecule has 0 atom stereocenters. The quantitative estimate of drug-likeness (QED) is 0.575. The molecule has 0 radical (unpaired) electrons. The van der Waals surface area contributed by atoms with Crippen LogP contribution in [0.2, 0.25) is 0 Å². The Morgan fingerprint density at radius 1 is 1.19 bits per heavy atom. The van der Waals surface area contributed by atoms with Gasteiger partial charge in [0.05, 0.1) is 24.5 Å². The molecule has 27 heavy (non-hydrogen) atoms. The Morgan fingerprint density at radius 2 is 1.89 bits per heavy atom. The van der Waals surface area contributed by atoms with E-state index < -0.39 is 10.1 Å². The zero-order valence-electron chi connectivity index (χ0n) is 16.3. The minimum absolute atomic E-state index is 0.0147. The number of rotatable bonds is 5. The summed E-state index contributed by atoms with van der Waals surface area (Å²) in [5.41, 5.74) is 1.06. The maximum atomic E-state index is 10.5. The lowest BCUT2D eigenvalue weighted by Crippen LogP contribution is -2.21. The van der Waals surface area contributed by atoms with Crippen molar-refractivity contribution >= 4 is 21.0 Å². The topological polar surface area (TPSA) is 62.7 Å². The molecule has 0 spiro atoms. The average molecular weight is 392 g/mol. The van der Waals surface area contributed by atoms with Crippen molar-refractivity contribution in [1.29, 1.82) is 0 Å². The minimum atomic E-state index is -3.25. The minimum Gasteiger partial charge on any atom is -0.362 e. The Balaban J connectivity index is 0.000000204. The second-order valence-corrected chi connectivity index (χ2v) is 7.65. The van der Waals surface area contributed by atoms with Crippen LogP contribution >= 0.6 is 0 Å². The van der Waals surface area contributed by atoms with Crippen molar-refractivity contribution in [3.63, 3.8) is 0 Å². The van der Waals surface area contributed by atoms with Gasteiger partial charge in [-0.2, -0.15) is 8.42 Å². The van der Waals surface area contributed by atoms with E-state index in [1.165, 1.54) is 18.4 Å². The van der Waals surface area contributed by atoms with Gasteiger partial charge >= 0.3 is 0 Å². The number of hydrogen-bond donors (Lipinski definition) is 0. The highest BCUT2D eigenvalue weighted by atomic mass is 32.2. The Kier molecular flexibility index (Phi) is 10.1. The van der Waals surface area contributed by atoms with Crippen LogP contribution in [0, 0.1) is 0 Å². The van der Waals surface area contributed by atoms with Gasteiger partial charge in [-0.25, -0.2) is 0 Å². The fourth-order valence-corrected chi connectivity index (χ4v) is 2.52. The molecule has 6 nitrogen and oxygen atoms in total. The van der Waals surface area contributed by atoms with Gasteiger partial charge in [0.15, 0.2) is 0 Å². The van der Waals surface area contributed by atoms with E-state index in [-0.39, 0.29) is 12.4 Å². The molecular weight excluding hydrogens is 362 g/mol. The first-order chi connectivity index (χ1) is 12.9. The van der Waals surface area contributed by atoms with Crippen LogP contribution in [0.15, 0.2) is 67.6 Å². The molecule has 1 aliphatic heterocycles. The van der Waals surface area contributed by atoms with Gasteiger partial charge in [0, 0.05) is 37.6 Å². The molecule has 2 heterocycles. The number of aromatic nitrogens is 1. The monoisotopic (exact) mass is 391 g/mol. The number of fused-ring (bicyclic) bond motifs is 1. The fraction of sp³-hybridized carbons (Fsp3) is 0.350. The zero-order chi connectivity index (χ0) is 20.1. The molecule has 0 unspecified atom stereocenters. The second kappa shape index (κ2) is 12.1. The fourth-order valence-electron chi connectivity index (χ4n) is 2.05. The standard InChI is InChI=1S/C9H7N.C6H12N2.C5H10O3S/c1-2-6-9-8(4-1)5-3-7-10-9;1-3-8-5-4-7(2)6-8;1-3-5-8-9(6,7)4-2/h1-7H;4-5H,3,6H2,1-2H3;3H,1,4-5H2,2H3. The van der Waals surface area contributed by atoms with E-state index in [0.29, 0.717) is 0 Å². The van der Waals surface area contributed by atoms with Crippen LogP contribution < -0.4 is 0 Å². The Hall–Kier alpha value is -2.38. The third-order valence-corrected chi connectivity index (χ3v) is 4.78. The first-order valence-electron chi connectivity index (χ1n) is 8.82. The van der Waals surface area contributed by atoms with E-state index in [2.05, 4.69) is 64.0 Å². The molecule has 7 heteroatoms. The van der Waals surface area contributed by atoms with Crippen LogP contribution in [0.3, 0.4) is 0 Å². The van der Waals surface area contributed by atoms with Gasteiger partial charge in [-0.3, -0.25) is 9.17 Å². The maximum Gasteiger partial charge on any atom is 0.267 e. The predicted octanol–water partition coefficient (Wildman–Crippen LogP) is 3.46. The van der Waals surface area contributed by atoms with E-state index in [1.807, 2.05) is 30.5 Å². The Morgan fingerprint density at radius 3 is 2.41 bits per heavy atom. The Labute approximate surface area is 162 Å². The number of para-hydroxylation sites is 1. The van der Waals surface area contributed by atoms with E-state index in [0.717, 1.165) is 18.7 Å². The number of nitrogens with zero attached hydrogens (tertiary/aromatic N) is 3. The summed E-state index contributed by atoms with van der Waals surface area (Å²) in [6, 6.07) is 12.1. The van der Waals surface area contributed by atoms with Crippen molar-refractivity contribution in [3.8, 4) is 0 Å². The van der Waals surface area contributed by atoms with Crippen LogP contribution in [0.25, 0.3) is 10.9 Å². The molecule has 0 N–H and O–H groups in total. The van der Waals surface area contributed by atoms with Gasteiger partial charge in [-0.05, 0) is 26.0 Å². The molecule has 148 valence electrons. The maximum absolute atomic E-state index is 10.5. The molecule has 0 bridgehead atoms. The van der Waals surface area contributed by atoms with Crippen molar-refractivity contribution in [2.75, 3.05) is 32.6 Å². The van der Waals surface area contributed by atoms with Gasteiger partial charge in [-0.15, -0.1) is 6.58 Å². The first-order valence-corrected chi connectivity index (χ1v) is 10.4. The van der Waals surface area contributed by atoms with Crippen LogP contribution in [-0.4, -0.2) is 55.8 Å². The highest BCUT2D eigenvalue weighted by molar-refractivity contribution is 7.86. The largest absolute Gasteiger partial charge is 0.362 e. The number of benzene rings is 1. The SMILES string of the molecule is C=CCOS(=O)(=O)CC.CCN1C=CN(C)C1.c1ccc2ncccc2c1. The van der Waals surface area contributed by atoms with Crippen LogP contribution in [0.5, 0.6) is 0 Å². The second-order valence-electron chi connectivity index (χ2n) is 5.72. The normalized spacial score (nSPS) is 12.9. The van der Waals surface area contributed by atoms with Gasteiger partial charge in [0.1, 0.15) is 0 Å². The van der Waals surface area contributed by atoms with Crippen molar-refractivity contribution in [2.45, 2.75) is 13.8 Å². The van der Waals surface area contributed by atoms with Crippen molar-refractivity contribution < 1.29 is 12.6 Å². The number of hydrogen-bond acceptors (Lipinski definition) is 6. The molecule has 0 saturated heterocycles. The number of pyridine rings is 1. The van der Waals surface area contributed by atoms with Gasteiger partial charge in [0.25, 0.3) is 10.1 Å². The van der Waals surface area contributed by atoms with Crippen LogP contribution in [0.1, 0.15) is 13.8 Å². The summed E-state index contributed by atoms with van der Waals surface area (Å²) in [7, 11) is -1.18. The van der Waals surface area contributed by atoms with E-state index in [9.17, 15) is 8.42 Å². The van der Waals surface area contributed by atoms with E-state index in [1.54, 1.807) is 0 Å². The van der Waals surface area contributed by atoms with E-state index in [4.69, 9.17) is 0 Å². The summed E-state index contributed by atoms with van der Waals surface area (Å²) in [6.07, 6.45) is 7.40. The van der Waals surface area contributed by atoms with Gasteiger partial charge in [-0.1, -0.05) is 30.3 Å². The Bertz CT molecular complexity index is 757. The third-order valence-electron chi connectivity index (χ3n) is 3.57. The lowest BCUT2D eigenvalue weighted by molar-refractivity contribution is 0.308. The van der Waals surface area contributed by atoms with Crippen molar-refractivity contribution in [3.05, 3.63) is 67.6 Å². The molecule has 0 fully saturated rings. The van der Waals surface area contributed by atoms with Crippen LogP contribution in [0.4, 0.5) is 0 Å². The summed E-state index contributed by atoms with van der Waals surface area (Å²) in [4.78, 5) is 8.59. The molecule has 0 amide bonds. The molecule has 3 rings (SSSR count). The smallest absolute Gasteiger partial charge is 0.267 e. The van der Waals surface area contributed by atoms with Crippen molar-refractivity contribution in [1.82, 2.24) is 14.8 Å². The first kappa shape index (κ1) is 22.7. The molecule has 2 aromatic rings. The lowest BCUT2D eigenvalue weighted by atomic mass is 10.2. The third kappa shape index (κ3) is 9.21. The van der Waals surface area contributed by atoms with Gasteiger partial charge < -0.3 is 9.80 Å². The molecule has 1 aromatic heterocycles. The molecule has 0 aliphatic carbocycles. The summed E-state index contributed by atoms with van der Waals surface area (Å²) < 4.78 is 25.4. The highest BCUT2D eigenvalue weighted by Crippen LogP contribution is 2.07. The highest BCUT2D eigenvalue weighted by Gasteiger charge is 2.04. The van der Waals surface area contributed by atoms with Crippen LogP contribution in [-0.2, 0) is 14.3 Å². The molecule has 0 saturated carbocycles. The average Bonchev–Trinajstić information content (AvgIpc) is 3.13. The molecular formula is C20H29N3O3S. The van der Waals surface area contributed by atoms with Gasteiger partial charge in [0.2, 0.25) is 0 Å². The summed E-state index contributed by atoms with van der Waals surface area (Å²) in [5.74, 6) is 0.0147. The molecule has 1 aliphatic rings. The summed E-state index contributed by atoms with van der Waals surface area (Å²) >= 11 is 0. The zero-order valence-corrected chi connectivity index (χ0v) is 17.1. The van der Waals surface area contributed by atoms with Crippen molar-refractivity contribution in [2.24, 2.45) is 0 Å². The van der Waals surface area contributed by atoms with E-state index >= 15 is 0 Å². The lowest BCUT2D eigenvalue weighted by Gasteiger charge is -2.14. The predicted molar refractivity (Wildman–Crippen MR) is 112 cm³/mol. The molecule has 1 aromatic carbocycles. The summed E-state index contributed by atoms with van der Waals surface area (Å²) in [6.45, 7) is 9.22.